The monoisotopic (exact) mass is 232 g/mol. The van der Waals surface area contributed by atoms with Crippen molar-refractivity contribution in [2.75, 3.05) is 11.9 Å². The van der Waals surface area contributed by atoms with Crippen LogP contribution in [0.15, 0.2) is 24.3 Å². The number of ether oxygens (including phenoxy) is 1. The fourth-order valence-corrected chi connectivity index (χ4v) is 1.84. The molecule has 17 heavy (non-hydrogen) atoms. The molecule has 0 aliphatic heterocycles. The Labute approximate surface area is 103 Å². The van der Waals surface area contributed by atoms with Crippen LogP contribution in [-0.2, 0) is 0 Å². The maximum absolute atomic E-state index is 8.45. The molecule has 0 bridgehead atoms. The lowest BCUT2D eigenvalue weighted by atomic mass is 10.1. The van der Waals surface area contributed by atoms with Crippen molar-refractivity contribution in [3.8, 4) is 11.8 Å². The van der Waals surface area contributed by atoms with Crippen LogP contribution in [0.3, 0.4) is 0 Å². The predicted molar refractivity (Wildman–Crippen MR) is 70.1 cm³/mol. The number of hydrogen-bond acceptors (Lipinski definition) is 3. The Bertz CT molecular complexity index is 382. The van der Waals surface area contributed by atoms with Crippen molar-refractivity contribution in [3.05, 3.63) is 24.3 Å². The van der Waals surface area contributed by atoms with Gasteiger partial charge in [-0.2, -0.15) is 5.26 Å². The molecule has 1 aromatic rings. The van der Waals surface area contributed by atoms with E-state index >= 15 is 0 Å². The second-order valence-electron chi connectivity index (χ2n) is 4.65. The summed E-state index contributed by atoms with van der Waals surface area (Å²) in [6.45, 7) is 6.68. The standard InChI is InChI=1S/C14H20N2O/c1-11(2)9-12(3)16-13-5-4-6-14(10-13)17-8-7-15/h4-6,10-12,16H,8-9H2,1-3H3. The minimum atomic E-state index is 0.0883. The van der Waals surface area contributed by atoms with Crippen LogP contribution >= 0.6 is 0 Å². The van der Waals surface area contributed by atoms with Crippen molar-refractivity contribution in [2.45, 2.75) is 33.2 Å². The minimum absolute atomic E-state index is 0.0883. The lowest BCUT2D eigenvalue weighted by Gasteiger charge is -2.17. The molecule has 3 heteroatoms. The van der Waals surface area contributed by atoms with E-state index in [2.05, 4.69) is 26.1 Å². The quantitative estimate of drug-likeness (QED) is 0.817. The smallest absolute Gasteiger partial charge is 0.174 e. The third-order valence-corrected chi connectivity index (χ3v) is 2.38. The van der Waals surface area contributed by atoms with Gasteiger partial charge in [0, 0.05) is 17.8 Å². The first-order valence-electron chi connectivity index (χ1n) is 5.98. The van der Waals surface area contributed by atoms with Crippen molar-refractivity contribution in [2.24, 2.45) is 5.92 Å². The Morgan fingerprint density at radius 3 is 2.76 bits per heavy atom. The highest BCUT2D eigenvalue weighted by Gasteiger charge is 2.05. The van der Waals surface area contributed by atoms with Crippen molar-refractivity contribution < 1.29 is 4.74 Å². The number of nitrogens with zero attached hydrogens (tertiary/aromatic N) is 1. The summed E-state index contributed by atoms with van der Waals surface area (Å²) in [5.41, 5.74) is 1.04. The fourth-order valence-electron chi connectivity index (χ4n) is 1.84. The van der Waals surface area contributed by atoms with Crippen LogP contribution in [0.25, 0.3) is 0 Å². The van der Waals surface area contributed by atoms with Crippen LogP contribution in [0.1, 0.15) is 27.2 Å². The molecule has 92 valence electrons. The number of hydrogen-bond donors (Lipinski definition) is 1. The molecule has 0 heterocycles. The van der Waals surface area contributed by atoms with Gasteiger partial charge in [0.15, 0.2) is 6.61 Å². The van der Waals surface area contributed by atoms with E-state index in [9.17, 15) is 0 Å². The summed E-state index contributed by atoms with van der Waals surface area (Å²) in [5, 5.41) is 11.9. The van der Waals surface area contributed by atoms with Gasteiger partial charge < -0.3 is 10.1 Å². The molecule has 1 rings (SSSR count). The average molecular weight is 232 g/mol. The van der Waals surface area contributed by atoms with Crippen molar-refractivity contribution in [3.63, 3.8) is 0 Å². The van der Waals surface area contributed by atoms with E-state index in [4.69, 9.17) is 10.00 Å². The van der Waals surface area contributed by atoms with Crippen LogP contribution in [0.2, 0.25) is 0 Å². The number of benzene rings is 1. The molecule has 0 aliphatic rings. The Morgan fingerprint density at radius 1 is 1.35 bits per heavy atom. The highest BCUT2D eigenvalue weighted by atomic mass is 16.5. The van der Waals surface area contributed by atoms with Gasteiger partial charge in [0.05, 0.1) is 0 Å². The van der Waals surface area contributed by atoms with Crippen molar-refractivity contribution in [1.82, 2.24) is 0 Å². The fraction of sp³-hybridized carbons (Fsp3) is 0.500. The zero-order valence-corrected chi connectivity index (χ0v) is 10.7. The molecule has 0 saturated heterocycles. The first-order chi connectivity index (χ1) is 8.11. The molecule has 0 aliphatic carbocycles. The molecule has 0 spiro atoms. The van der Waals surface area contributed by atoms with Gasteiger partial charge in [0.25, 0.3) is 0 Å². The molecule has 0 fully saturated rings. The largest absolute Gasteiger partial charge is 0.479 e. The summed E-state index contributed by atoms with van der Waals surface area (Å²) < 4.78 is 5.26. The molecule has 1 unspecified atom stereocenters. The first-order valence-corrected chi connectivity index (χ1v) is 5.98. The van der Waals surface area contributed by atoms with E-state index in [1.807, 2.05) is 30.3 Å². The van der Waals surface area contributed by atoms with Crippen LogP contribution < -0.4 is 10.1 Å². The Hall–Kier alpha value is -1.69. The lowest BCUT2D eigenvalue weighted by molar-refractivity contribution is 0.368. The topological polar surface area (TPSA) is 45.0 Å². The van der Waals surface area contributed by atoms with Gasteiger partial charge >= 0.3 is 0 Å². The number of nitrogens with one attached hydrogen (secondary N) is 1. The molecule has 1 N–H and O–H groups in total. The van der Waals surface area contributed by atoms with Gasteiger partial charge in [0.2, 0.25) is 0 Å². The highest BCUT2D eigenvalue weighted by molar-refractivity contribution is 5.48. The van der Waals surface area contributed by atoms with E-state index in [-0.39, 0.29) is 6.61 Å². The van der Waals surface area contributed by atoms with Crippen LogP contribution in [0.4, 0.5) is 5.69 Å². The second-order valence-corrected chi connectivity index (χ2v) is 4.65. The maximum Gasteiger partial charge on any atom is 0.174 e. The van der Waals surface area contributed by atoms with Crippen LogP contribution in [0.5, 0.6) is 5.75 Å². The zero-order chi connectivity index (χ0) is 12.7. The van der Waals surface area contributed by atoms with Gasteiger partial charge in [-0.3, -0.25) is 0 Å². The molecule has 0 saturated carbocycles. The zero-order valence-electron chi connectivity index (χ0n) is 10.7. The third kappa shape index (κ3) is 5.26. The molecule has 0 aromatic heterocycles. The number of rotatable bonds is 6. The minimum Gasteiger partial charge on any atom is -0.479 e. The summed E-state index contributed by atoms with van der Waals surface area (Å²) in [7, 11) is 0. The third-order valence-electron chi connectivity index (χ3n) is 2.38. The maximum atomic E-state index is 8.45. The van der Waals surface area contributed by atoms with Gasteiger partial charge in [0.1, 0.15) is 11.8 Å². The molecule has 0 amide bonds. The van der Waals surface area contributed by atoms with Crippen molar-refractivity contribution >= 4 is 5.69 Å². The molecular weight excluding hydrogens is 212 g/mol. The van der Waals surface area contributed by atoms with Gasteiger partial charge in [-0.15, -0.1) is 0 Å². The summed E-state index contributed by atoms with van der Waals surface area (Å²) >= 11 is 0. The van der Waals surface area contributed by atoms with Gasteiger partial charge in [-0.25, -0.2) is 0 Å². The Balaban J connectivity index is 2.56. The second kappa shape index (κ2) is 6.80. The normalized spacial score (nSPS) is 11.9. The summed E-state index contributed by atoms with van der Waals surface area (Å²) in [5.74, 6) is 1.41. The SMILES string of the molecule is CC(C)CC(C)Nc1cccc(OCC#N)c1. The number of nitriles is 1. The van der Waals surface area contributed by atoms with Crippen LogP contribution in [0, 0.1) is 17.2 Å². The molecule has 3 nitrogen and oxygen atoms in total. The van der Waals surface area contributed by atoms with E-state index in [1.54, 1.807) is 0 Å². The van der Waals surface area contributed by atoms with E-state index in [0.29, 0.717) is 12.0 Å². The molecular formula is C14H20N2O. The summed E-state index contributed by atoms with van der Waals surface area (Å²) in [6.07, 6.45) is 1.13. The summed E-state index contributed by atoms with van der Waals surface area (Å²) in [6, 6.07) is 10.1. The number of anilines is 1. The molecule has 0 radical (unpaired) electrons. The van der Waals surface area contributed by atoms with Gasteiger partial charge in [-0.1, -0.05) is 19.9 Å². The molecule has 1 atom stereocenters. The summed E-state index contributed by atoms with van der Waals surface area (Å²) in [4.78, 5) is 0. The Kier molecular flexibility index (Phi) is 5.35. The van der Waals surface area contributed by atoms with Crippen LogP contribution in [-0.4, -0.2) is 12.6 Å². The van der Waals surface area contributed by atoms with E-state index < -0.39 is 0 Å². The molecule has 1 aromatic carbocycles. The van der Waals surface area contributed by atoms with E-state index in [1.165, 1.54) is 0 Å². The first kappa shape index (κ1) is 13.4. The highest BCUT2D eigenvalue weighted by Crippen LogP contribution is 2.19. The van der Waals surface area contributed by atoms with Crippen molar-refractivity contribution in [1.29, 1.82) is 5.26 Å². The lowest BCUT2D eigenvalue weighted by Crippen LogP contribution is -2.17. The van der Waals surface area contributed by atoms with Gasteiger partial charge in [-0.05, 0) is 31.4 Å². The van der Waals surface area contributed by atoms with E-state index in [0.717, 1.165) is 17.9 Å². The average Bonchev–Trinajstić information content (AvgIpc) is 2.25. The Morgan fingerprint density at radius 2 is 2.12 bits per heavy atom. The predicted octanol–water partition coefficient (Wildman–Crippen LogP) is 3.44.